The summed E-state index contributed by atoms with van der Waals surface area (Å²) in [7, 11) is 0. The average molecular weight is 426 g/mol. The van der Waals surface area contributed by atoms with Gasteiger partial charge in [0, 0.05) is 18.0 Å². The van der Waals surface area contributed by atoms with E-state index < -0.39 is 0 Å². The molecular formula is C20H19N5O2S2. The van der Waals surface area contributed by atoms with E-state index in [-0.39, 0.29) is 5.56 Å². The van der Waals surface area contributed by atoms with Gasteiger partial charge in [-0.2, -0.15) is 0 Å². The monoisotopic (exact) mass is 425 g/mol. The number of benzene rings is 1. The van der Waals surface area contributed by atoms with Gasteiger partial charge < -0.3 is 10.1 Å². The Hall–Kier alpha value is -2.91. The molecule has 0 spiro atoms. The maximum atomic E-state index is 12.3. The smallest absolute Gasteiger partial charge is 0.258 e. The van der Waals surface area contributed by atoms with Gasteiger partial charge in [-0.1, -0.05) is 41.3 Å². The first kappa shape index (κ1) is 19.4. The van der Waals surface area contributed by atoms with E-state index in [0.29, 0.717) is 23.1 Å². The number of hydrogen-bond donors (Lipinski definition) is 1. The fraction of sp³-hybridized carbons (Fsp3) is 0.200. The van der Waals surface area contributed by atoms with Gasteiger partial charge in [-0.15, -0.1) is 10.2 Å². The van der Waals surface area contributed by atoms with Gasteiger partial charge >= 0.3 is 0 Å². The van der Waals surface area contributed by atoms with Crippen LogP contribution in [0.4, 0.5) is 10.8 Å². The van der Waals surface area contributed by atoms with Crippen molar-refractivity contribution in [2.24, 2.45) is 0 Å². The number of nitrogens with one attached hydrogen (secondary N) is 1. The normalized spacial score (nSPS) is 11.0. The lowest BCUT2D eigenvalue weighted by Crippen LogP contribution is -2.15. The molecule has 3 heterocycles. The molecule has 0 amide bonds. The third-order valence-electron chi connectivity index (χ3n) is 4.04. The minimum atomic E-state index is -0.0820. The van der Waals surface area contributed by atoms with Crippen LogP contribution in [0.25, 0.3) is 5.65 Å². The van der Waals surface area contributed by atoms with E-state index in [2.05, 4.69) is 20.5 Å². The quantitative estimate of drug-likeness (QED) is 0.442. The second-order valence-electron chi connectivity index (χ2n) is 6.24. The number of thioether (sulfide) groups is 1. The van der Waals surface area contributed by atoms with Crippen LogP contribution >= 0.6 is 23.1 Å². The van der Waals surface area contributed by atoms with Crippen LogP contribution in [-0.4, -0.2) is 26.2 Å². The number of anilines is 2. The molecule has 4 rings (SSSR count). The molecule has 0 saturated carbocycles. The third kappa shape index (κ3) is 4.57. The first-order valence-electron chi connectivity index (χ1n) is 9.06. The van der Waals surface area contributed by atoms with Crippen molar-refractivity contribution in [3.8, 4) is 5.75 Å². The Labute approximate surface area is 175 Å². The lowest BCUT2D eigenvalue weighted by molar-refractivity contribution is 0.342. The van der Waals surface area contributed by atoms with E-state index >= 15 is 0 Å². The highest BCUT2D eigenvalue weighted by atomic mass is 32.2. The Kier molecular flexibility index (Phi) is 5.77. The summed E-state index contributed by atoms with van der Waals surface area (Å²) in [6.07, 6.45) is 1.80. The van der Waals surface area contributed by atoms with Gasteiger partial charge in [-0.05, 0) is 37.6 Å². The van der Waals surface area contributed by atoms with Crippen molar-refractivity contribution in [3.05, 3.63) is 70.3 Å². The molecule has 3 aromatic heterocycles. The molecule has 0 fully saturated rings. The summed E-state index contributed by atoms with van der Waals surface area (Å²) in [5.74, 6) is 1.32. The topological polar surface area (TPSA) is 81.4 Å². The Balaban J connectivity index is 1.46. The van der Waals surface area contributed by atoms with E-state index in [1.54, 1.807) is 16.7 Å². The van der Waals surface area contributed by atoms with Crippen molar-refractivity contribution >= 4 is 39.6 Å². The average Bonchev–Trinajstić information content (AvgIpc) is 3.16. The predicted molar refractivity (Wildman–Crippen MR) is 117 cm³/mol. The van der Waals surface area contributed by atoms with Crippen LogP contribution in [0.15, 0.2) is 57.8 Å². The molecule has 0 saturated heterocycles. The molecule has 4 aromatic rings. The van der Waals surface area contributed by atoms with Crippen LogP contribution in [-0.2, 0) is 5.75 Å². The number of aromatic nitrogens is 4. The van der Waals surface area contributed by atoms with Gasteiger partial charge in [0.25, 0.3) is 5.56 Å². The summed E-state index contributed by atoms with van der Waals surface area (Å²) in [6, 6.07) is 13.1. The Morgan fingerprint density at radius 3 is 2.93 bits per heavy atom. The van der Waals surface area contributed by atoms with Gasteiger partial charge in [-0.25, -0.2) is 4.98 Å². The van der Waals surface area contributed by atoms with E-state index in [0.717, 1.165) is 27.0 Å². The molecule has 1 aromatic carbocycles. The van der Waals surface area contributed by atoms with Gasteiger partial charge in [0.1, 0.15) is 11.4 Å². The minimum Gasteiger partial charge on any atom is -0.492 e. The Morgan fingerprint density at radius 2 is 2.07 bits per heavy atom. The second-order valence-corrected chi connectivity index (χ2v) is 8.44. The zero-order valence-corrected chi connectivity index (χ0v) is 17.6. The van der Waals surface area contributed by atoms with E-state index in [9.17, 15) is 4.79 Å². The highest BCUT2D eigenvalue weighted by molar-refractivity contribution is 8.00. The lowest BCUT2D eigenvalue weighted by Gasteiger charge is -2.09. The largest absolute Gasteiger partial charge is 0.492 e. The minimum absolute atomic E-state index is 0.0820. The zero-order valence-electron chi connectivity index (χ0n) is 16.0. The van der Waals surface area contributed by atoms with Crippen molar-refractivity contribution in [2.45, 2.75) is 23.9 Å². The first-order valence-corrected chi connectivity index (χ1v) is 10.9. The number of pyridine rings is 1. The SMILES string of the molecule is CCOc1ccccc1Nc1nnc(SCc2cc(=O)n3cc(C)ccc3n2)s1. The Bertz CT molecular complexity index is 1200. The van der Waals surface area contributed by atoms with Crippen molar-refractivity contribution in [3.63, 3.8) is 0 Å². The van der Waals surface area contributed by atoms with Gasteiger partial charge in [0.05, 0.1) is 18.0 Å². The molecule has 0 radical (unpaired) electrons. The molecule has 0 aliphatic heterocycles. The summed E-state index contributed by atoms with van der Waals surface area (Å²) in [4.78, 5) is 16.9. The molecule has 29 heavy (non-hydrogen) atoms. The molecular weight excluding hydrogens is 406 g/mol. The molecule has 0 unspecified atom stereocenters. The summed E-state index contributed by atoms with van der Waals surface area (Å²) >= 11 is 2.95. The summed E-state index contributed by atoms with van der Waals surface area (Å²) in [5, 5.41) is 12.3. The fourth-order valence-corrected chi connectivity index (χ4v) is 4.41. The number of rotatable bonds is 7. The standard InChI is InChI=1S/C20H19N5O2S2/c1-3-27-16-7-5-4-6-15(16)22-19-23-24-20(29-19)28-12-14-10-18(26)25-11-13(2)8-9-17(25)21-14/h4-11H,3,12H2,1-2H3,(H,22,23). The molecule has 0 aliphatic rings. The van der Waals surface area contributed by atoms with E-state index in [4.69, 9.17) is 4.74 Å². The van der Waals surface area contributed by atoms with Crippen LogP contribution in [0, 0.1) is 6.92 Å². The van der Waals surface area contributed by atoms with Gasteiger partial charge in [-0.3, -0.25) is 9.20 Å². The predicted octanol–water partition coefficient (Wildman–Crippen LogP) is 4.29. The van der Waals surface area contributed by atoms with Crippen LogP contribution in [0.2, 0.25) is 0 Å². The number of para-hydroxylation sites is 2. The fourth-order valence-electron chi connectivity index (χ4n) is 2.75. The molecule has 0 aliphatic carbocycles. The number of ether oxygens (including phenoxy) is 1. The third-order valence-corrected chi connectivity index (χ3v) is 6.04. The second kappa shape index (κ2) is 8.62. The highest BCUT2D eigenvalue weighted by Crippen LogP contribution is 2.32. The lowest BCUT2D eigenvalue weighted by atomic mass is 10.3. The van der Waals surface area contributed by atoms with Crippen LogP contribution < -0.4 is 15.6 Å². The summed E-state index contributed by atoms with van der Waals surface area (Å²) in [5.41, 5.74) is 3.15. The van der Waals surface area contributed by atoms with Crippen molar-refractivity contribution in [2.75, 3.05) is 11.9 Å². The summed E-state index contributed by atoms with van der Waals surface area (Å²) in [6.45, 7) is 4.49. The molecule has 0 bridgehead atoms. The van der Waals surface area contributed by atoms with E-state index in [1.807, 2.05) is 50.2 Å². The van der Waals surface area contributed by atoms with Crippen LogP contribution in [0.3, 0.4) is 0 Å². The Morgan fingerprint density at radius 1 is 1.21 bits per heavy atom. The molecule has 0 atom stereocenters. The van der Waals surface area contributed by atoms with Crippen molar-refractivity contribution in [1.82, 2.24) is 19.6 Å². The summed E-state index contributed by atoms with van der Waals surface area (Å²) < 4.78 is 7.98. The zero-order chi connectivity index (χ0) is 20.2. The maximum absolute atomic E-state index is 12.3. The van der Waals surface area contributed by atoms with Gasteiger partial charge in [0.2, 0.25) is 5.13 Å². The van der Waals surface area contributed by atoms with Crippen LogP contribution in [0.5, 0.6) is 5.75 Å². The molecule has 7 nitrogen and oxygen atoms in total. The van der Waals surface area contributed by atoms with Gasteiger partial charge in [0.15, 0.2) is 4.34 Å². The number of aryl methyl sites for hydroxylation is 1. The van der Waals surface area contributed by atoms with E-state index in [1.165, 1.54) is 23.1 Å². The molecule has 148 valence electrons. The number of fused-ring (bicyclic) bond motifs is 1. The maximum Gasteiger partial charge on any atom is 0.258 e. The number of hydrogen-bond acceptors (Lipinski definition) is 8. The highest BCUT2D eigenvalue weighted by Gasteiger charge is 2.10. The number of nitrogens with zero attached hydrogens (tertiary/aromatic N) is 4. The van der Waals surface area contributed by atoms with Crippen molar-refractivity contribution in [1.29, 1.82) is 0 Å². The van der Waals surface area contributed by atoms with Crippen molar-refractivity contribution < 1.29 is 4.74 Å². The van der Waals surface area contributed by atoms with Crippen LogP contribution in [0.1, 0.15) is 18.2 Å². The molecule has 9 heteroatoms. The first-order chi connectivity index (χ1) is 14.1. The molecule has 1 N–H and O–H groups in total.